The molecule has 2 heterocycles. The van der Waals surface area contributed by atoms with Gasteiger partial charge in [0.2, 0.25) is 0 Å². The van der Waals surface area contributed by atoms with E-state index in [1.165, 1.54) is 0 Å². The molecule has 0 spiro atoms. The smallest absolute Gasteiger partial charge is 0.261 e. The van der Waals surface area contributed by atoms with Crippen LogP contribution in [-0.4, -0.2) is 30.5 Å². The van der Waals surface area contributed by atoms with Crippen molar-refractivity contribution >= 4 is 0 Å². The third-order valence-corrected chi connectivity index (χ3v) is 9.32. The van der Waals surface area contributed by atoms with Gasteiger partial charge in [0.25, 0.3) is 11.8 Å². The molecule has 8 aromatic rings. The minimum Gasteiger partial charge on any atom is -0.506 e. The summed E-state index contributed by atoms with van der Waals surface area (Å²) in [4.78, 5) is 8.52. The zero-order valence-corrected chi connectivity index (χ0v) is 39.9. The number of phenolic OH excluding ortho intramolecular Hbond substituents is 2. The Balaban J connectivity index is 0.000000202. The normalized spacial score (nSPS) is 10.8. The summed E-state index contributed by atoms with van der Waals surface area (Å²) in [5, 5.41) is 29.2. The average molecular weight is 978 g/mol. The Labute approximate surface area is 379 Å². The molecule has 9 heteroatoms. The van der Waals surface area contributed by atoms with Crippen LogP contribution in [0.2, 0.25) is 0 Å². The number of aromatic nitrogens is 4. The Hall–Kier alpha value is -6.19. The van der Waals surface area contributed by atoms with Crippen LogP contribution >= 0.6 is 0 Å². The SMILES string of the molecule is Cc1noc(-c2cc(C(C)(C)C)cc(-c3ccccc3)c2O)n1.Cc1noc(-c2cc(C(C)(C)C)cc(-c3ccccc3)c2O)n1.[CH2-]c1ccccc1.[CH2-]c1ccccc1.[Hf]. The number of hydrogen-bond donors (Lipinski definition) is 2. The van der Waals surface area contributed by atoms with Gasteiger partial charge in [0.05, 0.1) is 11.1 Å². The molecule has 0 unspecified atom stereocenters. The minimum atomic E-state index is -0.0684. The van der Waals surface area contributed by atoms with Gasteiger partial charge in [-0.3, -0.25) is 0 Å². The molecule has 0 aliphatic carbocycles. The van der Waals surface area contributed by atoms with Crippen LogP contribution in [0.15, 0.2) is 155 Å². The molecule has 312 valence electrons. The molecular formula is C52H54HfN4O4-2. The van der Waals surface area contributed by atoms with Crippen LogP contribution in [0, 0.1) is 27.7 Å². The number of aryl methyl sites for hydroxylation is 2. The summed E-state index contributed by atoms with van der Waals surface area (Å²) < 4.78 is 10.5. The van der Waals surface area contributed by atoms with E-state index in [1.807, 2.05) is 146 Å². The second kappa shape index (κ2) is 21.4. The standard InChI is InChI=1S/2C19H20N2O2.2C7H7.Hf/c2*1-12-20-18(23-21-12)16-11-14(19(2,3)4)10-15(17(16)22)13-8-6-5-7-9-13;2*1-7-5-3-2-4-6-7;/h2*5-11,22H,1-4H3;2*2-6H,1H2;/q;;2*-1;. The second-order valence-electron chi connectivity index (χ2n) is 16.3. The molecule has 0 saturated heterocycles. The minimum absolute atomic E-state index is 0. The van der Waals surface area contributed by atoms with Crippen LogP contribution in [0.1, 0.15) is 75.4 Å². The van der Waals surface area contributed by atoms with E-state index in [-0.39, 0.29) is 48.2 Å². The first kappa shape index (κ1) is 47.5. The first-order valence-electron chi connectivity index (χ1n) is 19.7. The molecule has 8 rings (SSSR count). The van der Waals surface area contributed by atoms with E-state index in [0.717, 1.165) is 44.5 Å². The van der Waals surface area contributed by atoms with Gasteiger partial charge in [0.15, 0.2) is 11.6 Å². The van der Waals surface area contributed by atoms with E-state index < -0.39 is 0 Å². The van der Waals surface area contributed by atoms with Crippen molar-refractivity contribution < 1.29 is 45.1 Å². The van der Waals surface area contributed by atoms with Crippen molar-refractivity contribution in [3.8, 4) is 56.7 Å². The van der Waals surface area contributed by atoms with Crippen LogP contribution in [0.25, 0.3) is 45.2 Å². The molecule has 2 N–H and O–H groups in total. The Morgan fingerprint density at radius 2 is 0.721 bits per heavy atom. The van der Waals surface area contributed by atoms with E-state index in [2.05, 4.69) is 75.7 Å². The second-order valence-corrected chi connectivity index (χ2v) is 16.3. The van der Waals surface area contributed by atoms with E-state index in [0.29, 0.717) is 34.6 Å². The van der Waals surface area contributed by atoms with Gasteiger partial charge in [-0.1, -0.05) is 125 Å². The Morgan fingerprint density at radius 3 is 0.951 bits per heavy atom. The first-order valence-corrected chi connectivity index (χ1v) is 19.7. The van der Waals surface area contributed by atoms with Crippen molar-refractivity contribution in [2.24, 2.45) is 0 Å². The molecule has 8 nitrogen and oxygen atoms in total. The summed E-state index contributed by atoms with van der Waals surface area (Å²) >= 11 is 0. The topological polar surface area (TPSA) is 118 Å². The van der Waals surface area contributed by atoms with Gasteiger partial charge in [-0.2, -0.15) is 59.2 Å². The predicted molar refractivity (Wildman–Crippen MR) is 242 cm³/mol. The molecule has 0 aliphatic rings. The molecule has 0 aliphatic heterocycles. The summed E-state index contributed by atoms with van der Waals surface area (Å²) in [6.07, 6.45) is 0. The van der Waals surface area contributed by atoms with Gasteiger partial charge < -0.3 is 19.3 Å². The maximum atomic E-state index is 10.8. The zero-order chi connectivity index (χ0) is 43.5. The Kier molecular flexibility index (Phi) is 16.6. The largest absolute Gasteiger partial charge is 0.506 e. The van der Waals surface area contributed by atoms with Crippen LogP contribution in [0.3, 0.4) is 0 Å². The zero-order valence-electron chi connectivity index (χ0n) is 36.3. The fraction of sp³-hybridized carbons (Fsp3) is 0.192. The summed E-state index contributed by atoms with van der Waals surface area (Å²) in [6, 6.07) is 47.3. The fourth-order valence-electron chi connectivity index (χ4n) is 5.91. The molecule has 2 aromatic heterocycles. The van der Waals surface area contributed by atoms with Crippen molar-refractivity contribution in [3.63, 3.8) is 0 Å². The molecule has 0 radical (unpaired) electrons. The van der Waals surface area contributed by atoms with Gasteiger partial charge >= 0.3 is 0 Å². The maximum Gasteiger partial charge on any atom is 0.261 e. The monoisotopic (exact) mass is 978 g/mol. The van der Waals surface area contributed by atoms with E-state index in [4.69, 9.17) is 9.05 Å². The fourth-order valence-corrected chi connectivity index (χ4v) is 5.91. The first-order chi connectivity index (χ1) is 28.5. The molecule has 6 aromatic carbocycles. The van der Waals surface area contributed by atoms with Crippen LogP contribution in [0.5, 0.6) is 11.5 Å². The number of benzene rings is 6. The van der Waals surface area contributed by atoms with Crippen molar-refractivity contribution in [1.29, 1.82) is 0 Å². The van der Waals surface area contributed by atoms with Gasteiger partial charge in [-0.25, -0.2) is 0 Å². The summed E-state index contributed by atoms with van der Waals surface area (Å²) in [5.41, 5.74) is 8.77. The average Bonchev–Trinajstić information content (AvgIpc) is 3.87. The molecule has 61 heavy (non-hydrogen) atoms. The number of rotatable bonds is 4. The number of nitrogens with zero attached hydrogens (tertiary/aromatic N) is 4. The van der Waals surface area contributed by atoms with E-state index >= 15 is 0 Å². The third-order valence-electron chi connectivity index (χ3n) is 9.32. The quantitative estimate of drug-likeness (QED) is 0.132. The van der Waals surface area contributed by atoms with Gasteiger partial charge in [0, 0.05) is 37.0 Å². The van der Waals surface area contributed by atoms with E-state index in [9.17, 15) is 10.2 Å². The Morgan fingerprint density at radius 1 is 0.443 bits per heavy atom. The summed E-state index contributed by atoms with van der Waals surface area (Å²) in [6.45, 7) is 23.8. The van der Waals surface area contributed by atoms with Crippen molar-refractivity contribution in [1.82, 2.24) is 20.3 Å². The number of phenols is 2. The number of aromatic hydroxyl groups is 2. The molecular weight excluding hydrogens is 923 g/mol. The third kappa shape index (κ3) is 13.4. The predicted octanol–water partition coefficient (Wildman–Crippen LogP) is 13.2. The van der Waals surface area contributed by atoms with Crippen LogP contribution in [0.4, 0.5) is 0 Å². The molecule has 0 fully saturated rings. The van der Waals surface area contributed by atoms with Crippen LogP contribution in [-0.2, 0) is 36.7 Å². The van der Waals surface area contributed by atoms with Crippen molar-refractivity contribution in [2.45, 2.75) is 66.2 Å². The number of hydrogen-bond acceptors (Lipinski definition) is 8. The molecule has 0 amide bonds. The summed E-state index contributed by atoms with van der Waals surface area (Å²) in [7, 11) is 0. The molecule has 0 saturated carbocycles. The van der Waals surface area contributed by atoms with Gasteiger partial charge in [-0.05, 0) is 71.2 Å². The molecule has 0 bridgehead atoms. The van der Waals surface area contributed by atoms with Gasteiger partial charge in [0.1, 0.15) is 11.5 Å². The van der Waals surface area contributed by atoms with E-state index in [1.54, 1.807) is 13.8 Å². The van der Waals surface area contributed by atoms with Crippen molar-refractivity contribution in [2.75, 3.05) is 0 Å². The maximum absolute atomic E-state index is 10.8. The summed E-state index contributed by atoms with van der Waals surface area (Å²) in [5.74, 6) is 2.08. The van der Waals surface area contributed by atoms with Crippen LogP contribution < -0.4 is 0 Å². The van der Waals surface area contributed by atoms with Crippen molar-refractivity contribution in [3.05, 3.63) is 193 Å². The van der Waals surface area contributed by atoms with Gasteiger partial charge in [-0.15, -0.1) is 24.3 Å². The Bertz CT molecular complexity index is 2380. The molecule has 0 atom stereocenters.